The van der Waals surface area contributed by atoms with Crippen LogP contribution in [0.1, 0.15) is 32.5 Å². The van der Waals surface area contributed by atoms with Gasteiger partial charge in [-0.05, 0) is 6.92 Å². The molecule has 1 aromatic heterocycles. The fraction of sp³-hybridized carbons (Fsp3) is 0.667. The summed E-state index contributed by atoms with van der Waals surface area (Å²) in [5, 5.41) is 17.3. The van der Waals surface area contributed by atoms with Crippen LogP contribution < -0.4 is 0 Å². The van der Waals surface area contributed by atoms with Gasteiger partial charge in [0.15, 0.2) is 5.16 Å². The second kappa shape index (κ2) is 5.16. The summed E-state index contributed by atoms with van der Waals surface area (Å²) in [6.07, 6.45) is 0. The molecule has 1 aromatic rings. The van der Waals surface area contributed by atoms with Crippen molar-refractivity contribution in [1.29, 1.82) is 0 Å². The van der Waals surface area contributed by atoms with Crippen molar-refractivity contribution in [2.75, 3.05) is 5.75 Å². The van der Waals surface area contributed by atoms with Crippen LogP contribution in [-0.2, 0) is 11.3 Å². The van der Waals surface area contributed by atoms with E-state index in [1.807, 2.05) is 25.3 Å². The Morgan fingerprint density at radius 2 is 2.20 bits per heavy atom. The molecule has 0 saturated heterocycles. The number of aromatic nitrogens is 3. The smallest absolute Gasteiger partial charge is 0.313 e. The van der Waals surface area contributed by atoms with E-state index in [9.17, 15) is 4.79 Å². The van der Waals surface area contributed by atoms with E-state index in [4.69, 9.17) is 5.11 Å². The Hall–Kier alpha value is -1.04. The fourth-order valence-corrected chi connectivity index (χ4v) is 1.99. The molecule has 1 rings (SSSR count). The molecule has 0 saturated carbocycles. The molecule has 0 spiro atoms. The maximum Gasteiger partial charge on any atom is 0.313 e. The van der Waals surface area contributed by atoms with Gasteiger partial charge in [-0.2, -0.15) is 0 Å². The molecule has 15 heavy (non-hydrogen) atoms. The van der Waals surface area contributed by atoms with Crippen molar-refractivity contribution in [2.45, 2.75) is 38.4 Å². The van der Waals surface area contributed by atoms with Crippen LogP contribution in [0.5, 0.6) is 0 Å². The topological polar surface area (TPSA) is 68.0 Å². The average Bonchev–Trinajstić information content (AvgIpc) is 2.57. The molecule has 0 radical (unpaired) electrons. The molecule has 0 aliphatic carbocycles. The lowest BCUT2D eigenvalue weighted by atomic mass is 10.2. The zero-order valence-electron chi connectivity index (χ0n) is 9.10. The van der Waals surface area contributed by atoms with Gasteiger partial charge in [-0.3, -0.25) is 4.79 Å². The van der Waals surface area contributed by atoms with Crippen molar-refractivity contribution >= 4 is 17.7 Å². The normalized spacial score (nSPS) is 10.9. The van der Waals surface area contributed by atoms with Crippen molar-refractivity contribution in [3.63, 3.8) is 0 Å². The zero-order chi connectivity index (χ0) is 11.4. The molecule has 1 heterocycles. The van der Waals surface area contributed by atoms with Crippen molar-refractivity contribution in [1.82, 2.24) is 14.8 Å². The van der Waals surface area contributed by atoms with E-state index in [1.165, 1.54) is 11.8 Å². The Morgan fingerprint density at radius 1 is 1.53 bits per heavy atom. The van der Waals surface area contributed by atoms with Crippen molar-refractivity contribution in [3.8, 4) is 0 Å². The monoisotopic (exact) mass is 229 g/mol. The van der Waals surface area contributed by atoms with E-state index in [-0.39, 0.29) is 5.75 Å². The number of carboxylic acid groups (broad SMARTS) is 1. The maximum absolute atomic E-state index is 10.4. The molecule has 84 valence electrons. The molecule has 6 heteroatoms. The fourth-order valence-electron chi connectivity index (χ4n) is 1.26. The van der Waals surface area contributed by atoms with E-state index in [0.29, 0.717) is 11.1 Å². The van der Waals surface area contributed by atoms with Crippen LogP contribution in [0.25, 0.3) is 0 Å². The minimum Gasteiger partial charge on any atom is -0.481 e. The van der Waals surface area contributed by atoms with E-state index in [1.54, 1.807) is 0 Å². The molecule has 0 aromatic carbocycles. The number of hydrogen-bond donors (Lipinski definition) is 1. The average molecular weight is 229 g/mol. The molecule has 0 aliphatic rings. The lowest BCUT2D eigenvalue weighted by molar-refractivity contribution is -0.133. The van der Waals surface area contributed by atoms with Crippen LogP contribution in [0.15, 0.2) is 5.16 Å². The largest absolute Gasteiger partial charge is 0.481 e. The van der Waals surface area contributed by atoms with Crippen LogP contribution in [0.4, 0.5) is 0 Å². The number of carbonyl (C=O) groups is 1. The van der Waals surface area contributed by atoms with E-state index >= 15 is 0 Å². The number of rotatable bonds is 5. The highest BCUT2D eigenvalue weighted by Crippen LogP contribution is 2.20. The SMILES string of the molecule is CCn1c(SCC(=O)O)nnc1C(C)C. The number of hydrogen-bond acceptors (Lipinski definition) is 4. The van der Waals surface area contributed by atoms with Crippen LogP contribution in [0.3, 0.4) is 0 Å². The van der Waals surface area contributed by atoms with Gasteiger partial charge in [0.1, 0.15) is 5.82 Å². The first kappa shape index (κ1) is 12.0. The highest BCUT2D eigenvalue weighted by Gasteiger charge is 2.14. The van der Waals surface area contributed by atoms with Gasteiger partial charge in [0.2, 0.25) is 0 Å². The van der Waals surface area contributed by atoms with E-state index in [2.05, 4.69) is 10.2 Å². The Kier molecular flexibility index (Phi) is 4.14. The van der Waals surface area contributed by atoms with Gasteiger partial charge >= 0.3 is 5.97 Å². The Labute approximate surface area is 92.9 Å². The summed E-state index contributed by atoms with van der Waals surface area (Å²) in [7, 11) is 0. The highest BCUT2D eigenvalue weighted by atomic mass is 32.2. The molecule has 5 nitrogen and oxygen atoms in total. The predicted molar refractivity (Wildman–Crippen MR) is 58.1 cm³/mol. The van der Waals surface area contributed by atoms with Crippen molar-refractivity contribution in [2.24, 2.45) is 0 Å². The molecule has 0 aliphatic heterocycles. The summed E-state index contributed by atoms with van der Waals surface area (Å²) in [6, 6.07) is 0. The van der Waals surface area contributed by atoms with Gasteiger partial charge in [-0.25, -0.2) is 0 Å². The third-order valence-electron chi connectivity index (χ3n) is 1.90. The minimum atomic E-state index is -0.836. The van der Waals surface area contributed by atoms with E-state index < -0.39 is 5.97 Å². The van der Waals surface area contributed by atoms with Gasteiger partial charge in [0, 0.05) is 12.5 Å². The molecular formula is C9H15N3O2S. The van der Waals surface area contributed by atoms with Crippen LogP contribution in [0.2, 0.25) is 0 Å². The predicted octanol–water partition coefficient (Wildman–Crippen LogP) is 1.60. The lowest BCUT2D eigenvalue weighted by Crippen LogP contribution is -2.06. The first-order valence-corrected chi connectivity index (χ1v) is 5.82. The molecule has 0 amide bonds. The number of carboxylic acids is 1. The van der Waals surface area contributed by atoms with Crippen molar-refractivity contribution < 1.29 is 9.90 Å². The standard InChI is InChI=1S/C9H15N3O2S/c1-4-12-8(6(2)3)10-11-9(12)15-5-7(13)14/h6H,4-5H2,1-3H3,(H,13,14). The van der Waals surface area contributed by atoms with Gasteiger partial charge in [-0.1, -0.05) is 25.6 Å². The molecule has 0 atom stereocenters. The summed E-state index contributed by atoms with van der Waals surface area (Å²) in [5.41, 5.74) is 0. The number of aliphatic carboxylic acids is 1. The lowest BCUT2D eigenvalue weighted by Gasteiger charge is -2.08. The third kappa shape index (κ3) is 2.95. The molecule has 0 fully saturated rings. The highest BCUT2D eigenvalue weighted by molar-refractivity contribution is 7.99. The van der Waals surface area contributed by atoms with Crippen LogP contribution >= 0.6 is 11.8 Å². The summed E-state index contributed by atoms with van der Waals surface area (Å²) in [6.45, 7) is 6.85. The van der Waals surface area contributed by atoms with Crippen LogP contribution in [0, 0.1) is 0 Å². The molecule has 0 unspecified atom stereocenters. The summed E-state index contributed by atoms with van der Waals surface area (Å²) in [4.78, 5) is 10.4. The Balaban J connectivity index is 2.84. The third-order valence-corrected chi connectivity index (χ3v) is 2.85. The second-order valence-corrected chi connectivity index (χ2v) is 4.36. The zero-order valence-corrected chi connectivity index (χ0v) is 9.91. The van der Waals surface area contributed by atoms with Gasteiger partial charge < -0.3 is 9.67 Å². The minimum absolute atomic E-state index is 0.0240. The van der Waals surface area contributed by atoms with Gasteiger partial charge in [-0.15, -0.1) is 10.2 Å². The van der Waals surface area contributed by atoms with E-state index in [0.717, 1.165) is 12.4 Å². The second-order valence-electron chi connectivity index (χ2n) is 3.42. The summed E-state index contributed by atoms with van der Waals surface area (Å²) < 4.78 is 1.96. The maximum atomic E-state index is 10.4. The summed E-state index contributed by atoms with van der Waals surface area (Å²) >= 11 is 1.21. The Morgan fingerprint density at radius 3 is 2.67 bits per heavy atom. The first-order chi connectivity index (χ1) is 7.06. The Bertz CT molecular complexity index is 349. The quantitative estimate of drug-likeness (QED) is 0.777. The molecular weight excluding hydrogens is 214 g/mol. The number of nitrogens with zero attached hydrogens (tertiary/aromatic N) is 3. The van der Waals surface area contributed by atoms with Crippen LogP contribution in [-0.4, -0.2) is 31.6 Å². The van der Waals surface area contributed by atoms with Gasteiger partial charge in [0.05, 0.1) is 5.75 Å². The molecule has 0 bridgehead atoms. The van der Waals surface area contributed by atoms with Crippen molar-refractivity contribution in [3.05, 3.63) is 5.82 Å². The van der Waals surface area contributed by atoms with Gasteiger partial charge in [0.25, 0.3) is 0 Å². The summed E-state index contributed by atoms with van der Waals surface area (Å²) in [5.74, 6) is 0.398. The number of thioether (sulfide) groups is 1. The molecule has 1 N–H and O–H groups in total. The first-order valence-electron chi connectivity index (χ1n) is 4.84.